The maximum atomic E-state index is 3.64. The zero-order valence-corrected chi connectivity index (χ0v) is 39.1. The monoisotopic (exact) mass is 841 g/mol. The highest BCUT2D eigenvalue weighted by molar-refractivity contribution is 6.09. The van der Waals surface area contributed by atoms with Crippen LogP contribution in [0.5, 0.6) is 0 Å². The lowest BCUT2D eigenvalue weighted by Crippen LogP contribution is -1.95. The van der Waals surface area contributed by atoms with Crippen molar-refractivity contribution in [3.05, 3.63) is 180 Å². The molecule has 0 radical (unpaired) electrons. The molecule has 0 heterocycles. The second kappa shape index (κ2) is 21.5. The molecule has 2 heteroatoms. The van der Waals surface area contributed by atoms with Crippen LogP contribution in [0.4, 0.5) is 22.7 Å². The van der Waals surface area contributed by atoms with Crippen molar-refractivity contribution in [2.75, 3.05) is 10.6 Å². The Morgan fingerprint density at radius 1 is 0.391 bits per heavy atom. The van der Waals surface area contributed by atoms with E-state index in [1.54, 1.807) is 0 Å². The van der Waals surface area contributed by atoms with E-state index < -0.39 is 0 Å². The fourth-order valence-electron chi connectivity index (χ4n) is 9.51. The molecular weight excluding hydrogens is 773 g/mol. The third-order valence-electron chi connectivity index (χ3n) is 13.5. The molecule has 0 amide bonds. The Labute approximate surface area is 384 Å². The maximum absolute atomic E-state index is 3.64. The minimum atomic E-state index is 0.596. The fourth-order valence-corrected chi connectivity index (χ4v) is 9.51. The number of nitrogens with one attached hydrogen (secondary N) is 2. The van der Waals surface area contributed by atoms with E-state index in [0.29, 0.717) is 5.92 Å². The SMILES string of the molecule is CCCCCCCCc1ccc(Nc2ccc(-c3ccc4ccc(C)c(-c5c(C)ccc6ccc(-c7ccc(Nc8ccc(C(C)CCCCCC)cc8)cc7)cc56)c4c3)cc2)cc1. The van der Waals surface area contributed by atoms with Crippen LogP contribution in [-0.2, 0) is 6.42 Å². The van der Waals surface area contributed by atoms with Crippen LogP contribution in [0.15, 0.2) is 158 Å². The van der Waals surface area contributed by atoms with E-state index in [-0.39, 0.29) is 0 Å². The highest BCUT2D eigenvalue weighted by atomic mass is 14.9. The Kier molecular flexibility index (Phi) is 14.9. The van der Waals surface area contributed by atoms with Crippen LogP contribution in [0.2, 0.25) is 0 Å². The Balaban J connectivity index is 0.992. The first-order chi connectivity index (χ1) is 31.4. The van der Waals surface area contributed by atoms with Gasteiger partial charge in [0.25, 0.3) is 0 Å². The fraction of sp³-hybridized carbons (Fsp3) is 0.290. The van der Waals surface area contributed by atoms with Gasteiger partial charge in [0, 0.05) is 22.7 Å². The van der Waals surface area contributed by atoms with Crippen LogP contribution in [0.25, 0.3) is 54.9 Å². The highest BCUT2D eigenvalue weighted by Crippen LogP contribution is 2.41. The van der Waals surface area contributed by atoms with Gasteiger partial charge in [-0.15, -0.1) is 0 Å². The van der Waals surface area contributed by atoms with Crippen molar-refractivity contribution in [3.8, 4) is 33.4 Å². The van der Waals surface area contributed by atoms with Gasteiger partial charge in [-0.25, -0.2) is 0 Å². The van der Waals surface area contributed by atoms with Gasteiger partial charge in [0.05, 0.1) is 0 Å². The number of benzene rings is 8. The quantitative estimate of drug-likeness (QED) is 0.0747. The predicted octanol–water partition coefficient (Wildman–Crippen LogP) is 19.1. The van der Waals surface area contributed by atoms with Crippen LogP contribution in [0.1, 0.15) is 120 Å². The van der Waals surface area contributed by atoms with Crippen molar-refractivity contribution in [2.24, 2.45) is 0 Å². The minimum absolute atomic E-state index is 0.596. The van der Waals surface area contributed by atoms with Crippen molar-refractivity contribution < 1.29 is 0 Å². The third-order valence-corrected chi connectivity index (χ3v) is 13.5. The van der Waals surface area contributed by atoms with Gasteiger partial charge < -0.3 is 10.6 Å². The molecule has 1 atom stereocenters. The van der Waals surface area contributed by atoms with Gasteiger partial charge in [0.2, 0.25) is 0 Å². The number of hydrogen-bond donors (Lipinski definition) is 2. The number of hydrogen-bond acceptors (Lipinski definition) is 2. The summed E-state index contributed by atoms with van der Waals surface area (Å²) in [4.78, 5) is 0. The van der Waals surface area contributed by atoms with Gasteiger partial charge in [-0.2, -0.15) is 0 Å². The zero-order valence-electron chi connectivity index (χ0n) is 39.1. The molecule has 326 valence electrons. The van der Waals surface area contributed by atoms with Gasteiger partial charge in [0.1, 0.15) is 0 Å². The third kappa shape index (κ3) is 11.0. The van der Waals surface area contributed by atoms with Crippen LogP contribution >= 0.6 is 0 Å². The largest absolute Gasteiger partial charge is 0.356 e. The highest BCUT2D eigenvalue weighted by Gasteiger charge is 2.16. The zero-order chi connectivity index (χ0) is 44.3. The van der Waals surface area contributed by atoms with Crippen molar-refractivity contribution in [3.63, 3.8) is 0 Å². The molecule has 0 spiro atoms. The normalized spacial score (nSPS) is 11.9. The molecule has 8 aromatic carbocycles. The van der Waals surface area contributed by atoms with Gasteiger partial charge in [-0.3, -0.25) is 0 Å². The summed E-state index contributed by atoms with van der Waals surface area (Å²) < 4.78 is 0. The van der Waals surface area contributed by atoms with Crippen molar-refractivity contribution >= 4 is 44.3 Å². The number of unbranched alkanes of at least 4 members (excludes halogenated alkanes) is 8. The van der Waals surface area contributed by atoms with Crippen LogP contribution < -0.4 is 10.6 Å². The van der Waals surface area contributed by atoms with E-state index in [4.69, 9.17) is 0 Å². The lowest BCUT2D eigenvalue weighted by molar-refractivity contribution is 0.580. The molecule has 8 aromatic rings. The molecule has 0 aromatic heterocycles. The van der Waals surface area contributed by atoms with E-state index in [9.17, 15) is 0 Å². The molecule has 0 aliphatic carbocycles. The first kappa shape index (κ1) is 44.5. The molecular formula is C62H68N2. The Bertz CT molecular complexity index is 2740. The van der Waals surface area contributed by atoms with Crippen molar-refractivity contribution in [1.82, 2.24) is 0 Å². The average Bonchev–Trinajstić information content (AvgIpc) is 3.33. The number of anilines is 4. The minimum Gasteiger partial charge on any atom is -0.356 e. The molecule has 64 heavy (non-hydrogen) atoms. The topological polar surface area (TPSA) is 24.1 Å². The predicted molar refractivity (Wildman–Crippen MR) is 281 cm³/mol. The van der Waals surface area contributed by atoms with E-state index in [0.717, 1.165) is 29.2 Å². The van der Waals surface area contributed by atoms with Crippen molar-refractivity contribution in [1.29, 1.82) is 0 Å². The molecule has 2 nitrogen and oxygen atoms in total. The number of fused-ring (bicyclic) bond motifs is 2. The molecule has 1 unspecified atom stereocenters. The molecule has 0 saturated carbocycles. The first-order valence-electron chi connectivity index (χ1n) is 24.4. The summed E-state index contributed by atoms with van der Waals surface area (Å²) in [6.45, 7) is 11.4. The molecule has 2 N–H and O–H groups in total. The summed E-state index contributed by atoms with van der Waals surface area (Å²) >= 11 is 0. The Hall–Kier alpha value is -6.12. The number of aryl methyl sites for hydroxylation is 3. The Morgan fingerprint density at radius 2 is 0.781 bits per heavy atom. The van der Waals surface area contributed by atoms with Gasteiger partial charge in [-0.1, -0.05) is 176 Å². The molecule has 8 rings (SSSR count). The maximum Gasteiger partial charge on any atom is 0.0384 e. The second-order valence-electron chi connectivity index (χ2n) is 18.4. The standard InChI is InChI=1S/C62H68N2/c1-6-8-10-12-13-15-17-47-20-34-55(35-21-47)63-57-38-30-49(31-39-57)53-26-24-51-22-18-45(4)61(59(51)42-53)62-46(5)19-23-52-25-27-54(43-60(52)62)50-32-40-58(41-33-50)64-56-36-28-48(29-37-56)44(3)16-14-11-9-7-2/h18-44,63-64H,6-17H2,1-5H3. The summed E-state index contributed by atoms with van der Waals surface area (Å²) in [5, 5.41) is 12.3. The van der Waals surface area contributed by atoms with Crippen molar-refractivity contribution in [2.45, 2.75) is 118 Å². The van der Waals surface area contributed by atoms with Crippen LogP contribution in [0, 0.1) is 13.8 Å². The molecule has 0 aliphatic heterocycles. The van der Waals surface area contributed by atoms with E-state index >= 15 is 0 Å². The van der Waals surface area contributed by atoms with E-state index in [1.807, 2.05) is 0 Å². The summed E-state index contributed by atoms with van der Waals surface area (Å²) in [6.07, 6.45) is 15.7. The average molecular weight is 841 g/mol. The lowest BCUT2D eigenvalue weighted by atomic mass is 9.86. The Morgan fingerprint density at radius 3 is 1.27 bits per heavy atom. The molecule has 0 fully saturated rings. The summed E-state index contributed by atoms with van der Waals surface area (Å²) in [7, 11) is 0. The van der Waals surface area contributed by atoms with Crippen LogP contribution in [0.3, 0.4) is 0 Å². The van der Waals surface area contributed by atoms with Crippen LogP contribution in [-0.4, -0.2) is 0 Å². The smallest absolute Gasteiger partial charge is 0.0384 e. The van der Waals surface area contributed by atoms with E-state index in [2.05, 4.69) is 203 Å². The molecule has 0 aliphatic rings. The number of rotatable bonds is 20. The molecule has 0 bridgehead atoms. The van der Waals surface area contributed by atoms with Gasteiger partial charge >= 0.3 is 0 Å². The van der Waals surface area contributed by atoms with Gasteiger partial charge in [-0.05, 0) is 177 Å². The first-order valence-corrected chi connectivity index (χ1v) is 24.4. The lowest BCUT2D eigenvalue weighted by Gasteiger charge is -2.18. The van der Waals surface area contributed by atoms with Gasteiger partial charge in [0.15, 0.2) is 0 Å². The summed E-state index contributed by atoms with van der Waals surface area (Å²) in [5.41, 5.74) is 17.4. The second-order valence-corrected chi connectivity index (χ2v) is 18.4. The summed E-state index contributed by atoms with van der Waals surface area (Å²) in [5.74, 6) is 0.596. The summed E-state index contributed by atoms with van der Waals surface area (Å²) in [6, 6.07) is 58.9. The molecule has 0 saturated heterocycles. The van der Waals surface area contributed by atoms with E-state index in [1.165, 1.54) is 148 Å².